The number of fused-ring (bicyclic) bond motifs is 1. The molecular weight excluding hydrogens is 512 g/mol. The number of rotatable bonds is 10. The molecule has 1 aliphatic heterocycles. The predicted octanol–water partition coefficient (Wildman–Crippen LogP) is 6.70. The molecule has 0 fully saturated rings. The van der Waals surface area contributed by atoms with Gasteiger partial charge in [-0.15, -0.1) is 0 Å². The van der Waals surface area contributed by atoms with Crippen LogP contribution in [-0.2, 0) is 9.59 Å². The fraction of sp³-hybridized carbons (Fsp3) is 0.188. The number of hydrogen-bond acceptors (Lipinski definition) is 4. The molecule has 0 saturated carbocycles. The van der Waals surface area contributed by atoms with Gasteiger partial charge in [-0.2, -0.15) is 0 Å². The number of carbonyl (C=O) groups excluding carboxylic acids is 2. The summed E-state index contributed by atoms with van der Waals surface area (Å²) in [4.78, 5) is 28.0. The van der Waals surface area contributed by atoms with Gasteiger partial charge in [0.25, 0.3) is 5.91 Å². The summed E-state index contributed by atoms with van der Waals surface area (Å²) in [6.45, 7) is 1.04. The smallest absolute Gasteiger partial charge is 0.265 e. The van der Waals surface area contributed by atoms with Gasteiger partial charge < -0.3 is 19.7 Å². The Balaban J connectivity index is 1.26. The molecule has 39 heavy (non-hydrogen) atoms. The molecule has 1 aliphatic rings. The van der Waals surface area contributed by atoms with E-state index >= 15 is 0 Å². The monoisotopic (exact) mass is 540 g/mol. The van der Waals surface area contributed by atoms with Gasteiger partial charge >= 0.3 is 0 Å². The highest BCUT2D eigenvalue weighted by Crippen LogP contribution is 2.35. The van der Waals surface area contributed by atoms with E-state index < -0.39 is 5.92 Å². The first-order valence-electron chi connectivity index (χ1n) is 12.9. The van der Waals surface area contributed by atoms with Crippen LogP contribution in [0.25, 0.3) is 0 Å². The second-order valence-corrected chi connectivity index (χ2v) is 9.71. The molecule has 0 bridgehead atoms. The standard InChI is InChI=1S/C32H29ClN2O4/c33-25-13-16-27(17-14-25)38-20-8-7-19-35-28-21-26(15-18-29(28)39-22-30(35)36)34-32(37)31(23-9-3-1-4-10-23)24-11-5-2-6-12-24/h1-6,9-18,21,31H,7-8,19-20,22H2,(H,34,37). The number of carbonyl (C=O) groups is 2. The maximum absolute atomic E-state index is 13.6. The maximum atomic E-state index is 13.6. The number of benzene rings is 4. The number of hydrogen-bond donors (Lipinski definition) is 1. The van der Waals surface area contributed by atoms with Crippen molar-refractivity contribution in [1.82, 2.24) is 0 Å². The summed E-state index contributed by atoms with van der Waals surface area (Å²) in [6, 6.07) is 32.1. The Morgan fingerprint density at radius 3 is 2.23 bits per heavy atom. The number of halogens is 1. The fourth-order valence-corrected chi connectivity index (χ4v) is 4.74. The van der Waals surface area contributed by atoms with E-state index in [0.717, 1.165) is 29.7 Å². The van der Waals surface area contributed by atoms with Gasteiger partial charge in [-0.1, -0.05) is 72.3 Å². The zero-order valence-electron chi connectivity index (χ0n) is 21.4. The van der Waals surface area contributed by atoms with Gasteiger partial charge in [0.1, 0.15) is 11.5 Å². The van der Waals surface area contributed by atoms with Crippen molar-refractivity contribution in [3.63, 3.8) is 0 Å². The van der Waals surface area contributed by atoms with Gasteiger partial charge in [0.2, 0.25) is 5.91 Å². The first-order valence-corrected chi connectivity index (χ1v) is 13.3. The number of unbranched alkanes of at least 4 members (excludes halogenated alkanes) is 1. The lowest BCUT2D eigenvalue weighted by atomic mass is 9.90. The Labute approximate surface area is 233 Å². The minimum absolute atomic E-state index is 0.00985. The van der Waals surface area contributed by atoms with Crippen molar-refractivity contribution in [2.24, 2.45) is 0 Å². The molecule has 4 aromatic carbocycles. The summed E-state index contributed by atoms with van der Waals surface area (Å²) < 4.78 is 11.4. The average Bonchev–Trinajstić information content (AvgIpc) is 2.96. The zero-order chi connectivity index (χ0) is 27.0. The molecule has 2 amide bonds. The number of amides is 2. The summed E-state index contributed by atoms with van der Waals surface area (Å²) in [6.07, 6.45) is 1.52. The average molecular weight is 541 g/mol. The van der Waals surface area contributed by atoms with Crippen LogP contribution in [-0.4, -0.2) is 31.6 Å². The maximum Gasteiger partial charge on any atom is 0.265 e. The lowest BCUT2D eigenvalue weighted by Gasteiger charge is -2.30. The van der Waals surface area contributed by atoms with E-state index in [1.54, 1.807) is 29.2 Å². The normalized spacial score (nSPS) is 12.6. The minimum Gasteiger partial charge on any atom is -0.494 e. The topological polar surface area (TPSA) is 67.9 Å². The Kier molecular flexibility index (Phi) is 8.44. The lowest BCUT2D eigenvalue weighted by Crippen LogP contribution is -2.39. The molecule has 0 aliphatic carbocycles. The highest BCUT2D eigenvalue weighted by Gasteiger charge is 2.27. The number of ether oxygens (including phenoxy) is 2. The summed E-state index contributed by atoms with van der Waals surface area (Å²) in [7, 11) is 0. The van der Waals surface area contributed by atoms with Gasteiger partial charge in [0.15, 0.2) is 6.61 Å². The van der Waals surface area contributed by atoms with Crippen molar-refractivity contribution in [3.05, 3.63) is 119 Å². The third-order valence-electron chi connectivity index (χ3n) is 6.56. The van der Waals surface area contributed by atoms with E-state index in [9.17, 15) is 9.59 Å². The quantitative estimate of drug-likeness (QED) is 0.227. The molecule has 0 saturated heterocycles. The highest BCUT2D eigenvalue weighted by atomic mass is 35.5. The van der Waals surface area contributed by atoms with Crippen LogP contribution >= 0.6 is 11.6 Å². The SMILES string of the molecule is O=C(Nc1ccc2c(c1)N(CCCCOc1ccc(Cl)cc1)C(=O)CO2)C(c1ccccc1)c1ccccc1. The van der Waals surface area contributed by atoms with E-state index in [2.05, 4.69) is 5.32 Å². The van der Waals surface area contributed by atoms with Crippen molar-refractivity contribution in [1.29, 1.82) is 0 Å². The van der Waals surface area contributed by atoms with Crippen LogP contribution in [0.2, 0.25) is 5.02 Å². The molecule has 0 unspecified atom stereocenters. The third kappa shape index (κ3) is 6.59. The van der Waals surface area contributed by atoms with E-state index in [1.807, 2.05) is 78.9 Å². The molecule has 0 aromatic heterocycles. The molecule has 1 N–H and O–H groups in total. The van der Waals surface area contributed by atoms with Crippen LogP contribution in [0, 0.1) is 0 Å². The molecule has 6 nitrogen and oxygen atoms in total. The van der Waals surface area contributed by atoms with Gasteiger partial charge in [0, 0.05) is 17.3 Å². The molecule has 0 spiro atoms. The summed E-state index contributed by atoms with van der Waals surface area (Å²) in [5.74, 6) is 0.639. The van der Waals surface area contributed by atoms with Crippen molar-refractivity contribution in [3.8, 4) is 11.5 Å². The van der Waals surface area contributed by atoms with Crippen LogP contribution in [0.5, 0.6) is 11.5 Å². The third-order valence-corrected chi connectivity index (χ3v) is 6.81. The number of nitrogens with zero attached hydrogens (tertiary/aromatic N) is 1. The van der Waals surface area contributed by atoms with Crippen LogP contribution in [0.15, 0.2) is 103 Å². The van der Waals surface area contributed by atoms with Gasteiger partial charge in [-0.05, 0) is 66.4 Å². The first-order chi connectivity index (χ1) is 19.1. The van der Waals surface area contributed by atoms with Gasteiger partial charge in [-0.3, -0.25) is 9.59 Å². The van der Waals surface area contributed by atoms with Crippen molar-refractivity contribution >= 4 is 34.8 Å². The van der Waals surface area contributed by atoms with E-state index in [4.69, 9.17) is 21.1 Å². The predicted molar refractivity (Wildman–Crippen MR) is 154 cm³/mol. The Morgan fingerprint density at radius 1 is 0.897 bits per heavy atom. The molecular formula is C32H29ClN2O4. The van der Waals surface area contributed by atoms with Crippen molar-refractivity contribution in [2.75, 3.05) is 30.0 Å². The first kappa shape index (κ1) is 26.3. The molecule has 0 radical (unpaired) electrons. The molecule has 5 rings (SSSR count). The molecule has 198 valence electrons. The van der Waals surface area contributed by atoms with Crippen LogP contribution < -0.4 is 19.7 Å². The zero-order valence-corrected chi connectivity index (χ0v) is 22.1. The molecule has 7 heteroatoms. The van der Waals surface area contributed by atoms with Gasteiger partial charge in [0.05, 0.1) is 18.2 Å². The van der Waals surface area contributed by atoms with E-state index in [0.29, 0.717) is 35.3 Å². The van der Waals surface area contributed by atoms with E-state index in [1.165, 1.54) is 0 Å². The summed E-state index contributed by atoms with van der Waals surface area (Å²) in [5, 5.41) is 3.73. The number of nitrogens with one attached hydrogen (secondary N) is 1. The Hall–Kier alpha value is -4.29. The van der Waals surface area contributed by atoms with Crippen LogP contribution in [0.4, 0.5) is 11.4 Å². The number of anilines is 2. The molecule has 0 atom stereocenters. The van der Waals surface area contributed by atoms with E-state index in [-0.39, 0.29) is 18.4 Å². The fourth-order valence-electron chi connectivity index (χ4n) is 4.62. The highest BCUT2D eigenvalue weighted by molar-refractivity contribution is 6.30. The summed E-state index contributed by atoms with van der Waals surface area (Å²) >= 11 is 5.92. The summed E-state index contributed by atoms with van der Waals surface area (Å²) in [5.41, 5.74) is 3.06. The second kappa shape index (κ2) is 12.5. The van der Waals surface area contributed by atoms with Crippen molar-refractivity contribution in [2.45, 2.75) is 18.8 Å². The molecule has 1 heterocycles. The second-order valence-electron chi connectivity index (χ2n) is 9.27. The van der Waals surface area contributed by atoms with Crippen LogP contribution in [0.1, 0.15) is 29.9 Å². The largest absolute Gasteiger partial charge is 0.494 e. The van der Waals surface area contributed by atoms with Crippen molar-refractivity contribution < 1.29 is 19.1 Å². The Morgan fingerprint density at radius 2 is 1.56 bits per heavy atom. The lowest BCUT2D eigenvalue weighted by molar-refractivity contribution is -0.121. The van der Waals surface area contributed by atoms with Crippen LogP contribution in [0.3, 0.4) is 0 Å². The Bertz CT molecular complexity index is 1370. The molecule has 4 aromatic rings. The van der Waals surface area contributed by atoms with Gasteiger partial charge in [-0.25, -0.2) is 0 Å². The minimum atomic E-state index is -0.474.